The topological polar surface area (TPSA) is 97.4 Å². The van der Waals surface area contributed by atoms with Gasteiger partial charge in [0.05, 0.1) is 13.7 Å². The molecular weight excluding hydrogens is 450 g/mol. The first-order valence-electron chi connectivity index (χ1n) is 9.54. The van der Waals surface area contributed by atoms with Crippen LogP contribution in [0.1, 0.15) is 11.3 Å². The van der Waals surface area contributed by atoms with E-state index >= 15 is 0 Å². The van der Waals surface area contributed by atoms with E-state index in [1.54, 1.807) is 43.0 Å². The Morgan fingerprint density at radius 2 is 2.03 bits per heavy atom. The zero-order chi connectivity index (χ0) is 22.9. The molecule has 1 aromatic heterocycles. The van der Waals surface area contributed by atoms with E-state index in [9.17, 15) is 10.1 Å². The summed E-state index contributed by atoms with van der Waals surface area (Å²) in [5.41, 5.74) is 0.536. The molecule has 1 heterocycles. The van der Waals surface area contributed by atoms with Gasteiger partial charge in [-0.15, -0.1) is 11.8 Å². The van der Waals surface area contributed by atoms with Gasteiger partial charge in [0, 0.05) is 21.7 Å². The van der Waals surface area contributed by atoms with Crippen molar-refractivity contribution < 1.29 is 18.8 Å². The van der Waals surface area contributed by atoms with Crippen LogP contribution >= 0.6 is 23.4 Å². The molecule has 1 amide bonds. The summed E-state index contributed by atoms with van der Waals surface area (Å²) in [4.78, 5) is 13.4. The van der Waals surface area contributed by atoms with Crippen molar-refractivity contribution in [2.75, 3.05) is 24.8 Å². The summed E-state index contributed by atoms with van der Waals surface area (Å²) in [5, 5.41) is 16.3. The van der Waals surface area contributed by atoms with Crippen molar-refractivity contribution in [3.8, 4) is 17.6 Å². The lowest BCUT2D eigenvalue weighted by atomic mass is 10.1. The second kappa shape index (κ2) is 11.3. The van der Waals surface area contributed by atoms with Crippen molar-refractivity contribution >= 4 is 41.2 Å². The molecular formula is C23H20ClN3O4S. The van der Waals surface area contributed by atoms with Gasteiger partial charge in [0.2, 0.25) is 0 Å². The molecule has 0 saturated heterocycles. The number of hydrogen-bond acceptors (Lipinski definition) is 7. The fraction of sp³-hybridized carbons (Fsp3) is 0.174. The SMILES string of the molecule is COc1cc(/C=C(/C#N)C(=O)Nc2cc(C)on2)ccc1OCCSc1ccc(Cl)cc1. The van der Waals surface area contributed by atoms with Crippen LogP contribution in [0.25, 0.3) is 6.08 Å². The number of anilines is 1. The van der Waals surface area contributed by atoms with Crippen LogP contribution in [0.4, 0.5) is 5.82 Å². The zero-order valence-corrected chi connectivity index (χ0v) is 19.0. The highest BCUT2D eigenvalue weighted by atomic mass is 35.5. The summed E-state index contributed by atoms with van der Waals surface area (Å²) in [5.74, 6) is 2.02. The molecule has 0 atom stereocenters. The lowest BCUT2D eigenvalue weighted by Crippen LogP contribution is -2.13. The number of benzene rings is 2. The lowest BCUT2D eigenvalue weighted by Gasteiger charge is -2.11. The molecule has 32 heavy (non-hydrogen) atoms. The maximum Gasteiger partial charge on any atom is 0.267 e. The van der Waals surface area contributed by atoms with Crippen molar-refractivity contribution in [1.82, 2.24) is 5.16 Å². The van der Waals surface area contributed by atoms with Gasteiger partial charge in [-0.2, -0.15) is 5.26 Å². The third-order valence-corrected chi connectivity index (χ3v) is 5.38. The summed E-state index contributed by atoms with van der Waals surface area (Å²) in [6.07, 6.45) is 1.46. The number of rotatable bonds is 9. The molecule has 0 bridgehead atoms. The van der Waals surface area contributed by atoms with Gasteiger partial charge in [-0.05, 0) is 55.0 Å². The van der Waals surface area contributed by atoms with E-state index in [2.05, 4.69) is 10.5 Å². The minimum absolute atomic E-state index is 0.0826. The third-order valence-electron chi connectivity index (χ3n) is 4.16. The van der Waals surface area contributed by atoms with Gasteiger partial charge in [0.1, 0.15) is 17.4 Å². The normalized spacial score (nSPS) is 11.0. The van der Waals surface area contributed by atoms with Crippen molar-refractivity contribution in [3.05, 3.63) is 70.5 Å². The monoisotopic (exact) mass is 469 g/mol. The second-order valence-corrected chi connectivity index (χ2v) is 8.11. The van der Waals surface area contributed by atoms with Crippen LogP contribution < -0.4 is 14.8 Å². The van der Waals surface area contributed by atoms with Crippen LogP contribution in [0.3, 0.4) is 0 Å². The van der Waals surface area contributed by atoms with Gasteiger partial charge in [-0.1, -0.05) is 22.8 Å². The van der Waals surface area contributed by atoms with Gasteiger partial charge in [-0.3, -0.25) is 4.79 Å². The summed E-state index contributed by atoms with van der Waals surface area (Å²) in [6.45, 7) is 2.18. The molecule has 0 aliphatic rings. The van der Waals surface area contributed by atoms with Gasteiger partial charge in [0.25, 0.3) is 5.91 Å². The minimum atomic E-state index is -0.584. The van der Waals surface area contributed by atoms with Crippen molar-refractivity contribution in [2.24, 2.45) is 0 Å². The molecule has 3 aromatic rings. The van der Waals surface area contributed by atoms with E-state index in [1.807, 2.05) is 30.3 Å². The number of amides is 1. The predicted octanol–water partition coefficient (Wildman–Crippen LogP) is 5.36. The number of carbonyl (C=O) groups excluding carboxylic acids is 1. The number of thioether (sulfide) groups is 1. The standard InChI is InChI=1S/C23H20ClN3O4S/c1-15-11-22(27-31-15)26-23(28)17(14-25)12-16-3-8-20(21(13-16)29-2)30-9-10-32-19-6-4-18(24)5-7-19/h3-8,11-13H,9-10H2,1-2H3,(H,26,27,28)/b17-12-. The quantitative estimate of drug-likeness (QED) is 0.195. The molecule has 0 radical (unpaired) electrons. The molecule has 164 valence electrons. The average Bonchev–Trinajstić information content (AvgIpc) is 3.21. The van der Waals surface area contributed by atoms with Crippen LogP contribution in [0.5, 0.6) is 11.5 Å². The molecule has 1 N–H and O–H groups in total. The third kappa shape index (κ3) is 6.54. The number of nitrogens with zero attached hydrogens (tertiary/aromatic N) is 2. The van der Waals surface area contributed by atoms with Crippen LogP contribution in [0.2, 0.25) is 5.02 Å². The molecule has 9 heteroatoms. The molecule has 0 fully saturated rings. The van der Waals surface area contributed by atoms with Crippen LogP contribution in [0, 0.1) is 18.3 Å². The van der Waals surface area contributed by atoms with E-state index in [0.717, 1.165) is 10.6 Å². The van der Waals surface area contributed by atoms with E-state index in [4.69, 9.17) is 25.6 Å². The lowest BCUT2D eigenvalue weighted by molar-refractivity contribution is -0.112. The Bertz CT molecular complexity index is 1150. The number of nitrogens with one attached hydrogen (secondary N) is 1. The van der Waals surface area contributed by atoms with Crippen LogP contribution in [0.15, 0.2) is 63.5 Å². The van der Waals surface area contributed by atoms with Gasteiger partial charge in [-0.25, -0.2) is 0 Å². The Morgan fingerprint density at radius 1 is 1.25 bits per heavy atom. The van der Waals surface area contributed by atoms with Crippen LogP contribution in [-0.4, -0.2) is 30.5 Å². The first-order chi connectivity index (χ1) is 15.5. The molecule has 3 rings (SSSR count). The highest BCUT2D eigenvalue weighted by Crippen LogP contribution is 2.29. The summed E-state index contributed by atoms with van der Waals surface area (Å²) < 4.78 is 16.1. The van der Waals surface area contributed by atoms with Crippen molar-refractivity contribution in [2.45, 2.75) is 11.8 Å². The number of halogens is 1. The Labute approximate surface area is 194 Å². The van der Waals surface area contributed by atoms with Gasteiger partial charge >= 0.3 is 0 Å². The number of methoxy groups -OCH3 is 1. The summed E-state index contributed by atoms with van der Waals surface area (Å²) >= 11 is 7.55. The largest absolute Gasteiger partial charge is 0.493 e. The molecule has 0 spiro atoms. The summed E-state index contributed by atoms with van der Waals surface area (Å²) in [7, 11) is 1.53. The van der Waals surface area contributed by atoms with Gasteiger partial charge < -0.3 is 19.3 Å². The number of hydrogen-bond donors (Lipinski definition) is 1. The predicted molar refractivity (Wildman–Crippen MR) is 124 cm³/mol. The Hall–Kier alpha value is -3.41. The van der Waals surface area contributed by atoms with Gasteiger partial charge in [0.15, 0.2) is 17.3 Å². The first kappa shape index (κ1) is 23.3. The number of nitriles is 1. The maximum atomic E-state index is 12.3. The van der Waals surface area contributed by atoms with Crippen molar-refractivity contribution in [1.29, 1.82) is 5.26 Å². The smallest absolute Gasteiger partial charge is 0.267 e. The Morgan fingerprint density at radius 3 is 2.69 bits per heavy atom. The second-order valence-electron chi connectivity index (χ2n) is 6.51. The average molecular weight is 470 g/mol. The number of carbonyl (C=O) groups is 1. The molecule has 0 aliphatic heterocycles. The minimum Gasteiger partial charge on any atom is -0.493 e. The number of aromatic nitrogens is 1. The number of aryl methyl sites for hydroxylation is 1. The first-order valence-corrected chi connectivity index (χ1v) is 10.9. The summed E-state index contributed by atoms with van der Waals surface area (Å²) in [6, 6.07) is 16.3. The van der Waals surface area contributed by atoms with Crippen LogP contribution in [-0.2, 0) is 4.79 Å². The highest BCUT2D eigenvalue weighted by Gasteiger charge is 2.13. The fourth-order valence-electron chi connectivity index (χ4n) is 2.66. The van der Waals surface area contributed by atoms with E-state index < -0.39 is 5.91 Å². The van der Waals surface area contributed by atoms with Crippen molar-refractivity contribution in [3.63, 3.8) is 0 Å². The van der Waals surface area contributed by atoms with E-state index in [-0.39, 0.29) is 11.4 Å². The molecule has 0 aliphatic carbocycles. The molecule has 0 saturated carbocycles. The number of ether oxygens (including phenoxy) is 2. The zero-order valence-electron chi connectivity index (χ0n) is 17.4. The Balaban J connectivity index is 1.62. The fourth-order valence-corrected chi connectivity index (χ4v) is 3.52. The highest BCUT2D eigenvalue weighted by molar-refractivity contribution is 7.99. The van der Waals surface area contributed by atoms with E-state index in [1.165, 1.54) is 13.2 Å². The Kier molecular flexibility index (Phi) is 8.20. The molecule has 0 unspecified atom stereocenters. The molecule has 2 aromatic carbocycles. The molecule has 7 nitrogen and oxygen atoms in total. The van der Waals surface area contributed by atoms with E-state index in [0.29, 0.717) is 34.5 Å². The maximum absolute atomic E-state index is 12.3.